The molecule has 0 saturated carbocycles. The van der Waals surface area contributed by atoms with Gasteiger partial charge in [0.05, 0.1) is 4.92 Å². The van der Waals surface area contributed by atoms with Crippen molar-refractivity contribution in [3.63, 3.8) is 0 Å². The first-order valence-electron chi connectivity index (χ1n) is 4.69. The van der Waals surface area contributed by atoms with E-state index < -0.39 is 0 Å². The van der Waals surface area contributed by atoms with Gasteiger partial charge in [-0.1, -0.05) is 6.07 Å². The van der Waals surface area contributed by atoms with Crippen LogP contribution in [-0.4, -0.2) is 11.5 Å². The molecule has 0 spiro atoms. The van der Waals surface area contributed by atoms with Crippen LogP contribution in [0, 0.1) is 10.1 Å². The average Bonchev–Trinajstić information content (AvgIpc) is 2.18. The molecule has 1 heterocycles. The van der Waals surface area contributed by atoms with Crippen LogP contribution in [0.5, 0.6) is 0 Å². The summed E-state index contributed by atoms with van der Waals surface area (Å²) >= 11 is 0. The Morgan fingerprint density at radius 1 is 1.57 bits per heavy atom. The van der Waals surface area contributed by atoms with Crippen molar-refractivity contribution in [1.82, 2.24) is 5.32 Å². The van der Waals surface area contributed by atoms with Crippen molar-refractivity contribution < 1.29 is 4.92 Å². The summed E-state index contributed by atoms with van der Waals surface area (Å²) in [4.78, 5) is 10.2. The second kappa shape index (κ2) is 3.38. The predicted octanol–water partition coefficient (Wildman–Crippen LogP) is 1.80. The van der Waals surface area contributed by atoms with Gasteiger partial charge >= 0.3 is 0 Å². The van der Waals surface area contributed by atoms with Crippen molar-refractivity contribution in [1.29, 1.82) is 0 Å². The number of nitrogens with zero attached hydrogens (tertiary/aromatic N) is 1. The Morgan fingerprint density at radius 2 is 2.36 bits per heavy atom. The summed E-state index contributed by atoms with van der Waals surface area (Å²) in [5, 5.41) is 13.9. The number of nitrogens with one attached hydrogen (secondary N) is 1. The molecule has 0 bridgehead atoms. The Labute approximate surface area is 82.1 Å². The lowest BCUT2D eigenvalue weighted by atomic mass is 9.95. The maximum Gasteiger partial charge on any atom is 0.269 e. The number of hydrogen-bond donors (Lipinski definition) is 1. The highest BCUT2D eigenvalue weighted by Crippen LogP contribution is 2.26. The fourth-order valence-electron chi connectivity index (χ4n) is 1.86. The van der Waals surface area contributed by atoms with Gasteiger partial charge in [-0.15, -0.1) is 0 Å². The summed E-state index contributed by atoms with van der Waals surface area (Å²) in [6.07, 6.45) is 0.956. The van der Waals surface area contributed by atoms with Crippen LogP contribution < -0.4 is 5.32 Å². The number of hydrogen-bond acceptors (Lipinski definition) is 3. The lowest BCUT2D eigenvalue weighted by molar-refractivity contribution is -0.385. The second-order valence-corrected chi connectivity index (χ2v) is 3.57. The van der Waals surface area contributed by atoms with E-state index in [1.54, 1.807) is 12.1 Å². The lowest BCUT2D eigenvalue weighted by Crippen LogP contribution is -2.27. The molecular weight excluding hydrogens is 180 g/mol. The van der Waals surface area contributed by atoms with Gasteiger partial charge in [-0.05, 0) is 31.0 Å². The van der Waals surface area contributed by atoms with Crippen molar-refractivity contribution in [2.75, 3.05) is 6.54 Å². The zero-order valence-corrected chi connectivity index (χ0v) is 7.99. The van der Waals surface area contributed by atoms with E-state index in [1.807, 2.05) is 13.0 Å². The molecule has 1 aliphatic rings. The van der Waals surface area contributed by atoms with Crippen LogP contribution in [0.15, 0.2) is 18.2 Å². The van der Waals surface area contributed by atoms with Crippen LogP contribution in [0.25, 0.3) is 0 Å². The molecule has 2 rings (SSSR count). The number of nitro groups is 1. The van der Waals surface area contributed by atoms with Gasteiger partial charge in [0.15, 0.2) is 0 Å². The quantitative estimate of drug-likeness (QED) is 0.545. The van der Waals surface area contributed by atoms with Gasteiger partial charge in [-0.3, -0.25) is 10.1 Å². The first-order valence-corrected chi connectivity index (χ1v) is 4.69. The van der Waals surface area contributed by atoms with Crippen molar-refractivity contribution in [3.8, 4) is 0 Å². The first kappa shape index (κ1) is 9.15. The van der Waals surface area contributed by atoms with E-state index in [0.29, 0.717) is 0 Å². The van der Waals surface area contributed by atoms with Crippen molar-refractivity contribution in [3.05, 3.63) is 39.4 Å². The van der Waals surface area contributed by atoms with Gasteiger partial charge in [0.25, 0.3) is 5.69 Å². The molecule has 0 aromatic heterocycles. The molecule has 74 valence electrons. The fraction of sp³-hybridized carbons (Fsp3) is 0.400. The van der Waals surface area contributed by atoms with Crippen LogP contribution in [0.3, 0.4) is 0 Å². The van der Waals surface area contributed by atoms with Gasteiger partial charge in [-0.2, -0.15) is 0 Å². The number of benzene rings is 1. The number of fused-ring (bicyclic) bond motifs is 1. The van der Waals surface area contributed by atoms with Gasteiger partial charge in [0, 0.05) is 18.2 Å². The molecule has 0 aliphatic carbocycles. The molecule has 1 aliphatic heterocycles. The minimum atomic E-state index is -0.346. The van der Waals surface area contributed by atoms with Crippen molar-refractivity contribution in [2.45, 2.75) is 19.4 Å². The molecule has 0 fully saturated rings. The van der Waals surface area contributed by atoms with E-state index in [9.17, 15) is 10.1 Å². The zero-order valence-electron chi connectivity index (χ0n) is 7.99. The zero-order chi connectivity index (χ0) is 10.1. The second-order valence-electron chi connectivity index (χ2n) is 3.57. The third kappa shape index (κ3) is 1.48. The molecule has 4 nitrogen and oxygen atoms in total. The Hall–Kier alpha value is -1.42. The highest BCUT2D eigenvalue weighted by atomic mass is 16.6. The monoisotopic (exact) mass is 192 g/mol. The lowest BCUT2D eigenvalue weighted by Gasteiger charge is -2.23. The predicted molar refractivity (Wildman–Crippen MR) is 53.2 cm³/mol. The van der Waals surface area contributed by atoms with E-state index in [0.717, 1.165) is 18.5 Å². The molecule has 1 aromatic rings. The van der Waals surface area contributed by atoms with Crippen LogP contribution >= 0.6 is 0 Å². The number of rotatable bonds is 1. The smallest absolute Gasteiger partial charge is 0.269 e. The first-order chi connectivity index (χ1) is 6.68. The normalized spacial score (nSPS) is 20.2. The molecular formula is C10H12N2O2. The Bertz CT molecular complexity index is 376. The third-order valence-corrected chi connectivity index (χ3v) is 2.65. The molecule has 1 atom stereocenters. The summed E-state index contributed by atoms with van der Waals surface area (Å²) in [6.45, 7) is 2.98. The number of non-ortho nitro benzene ring substituents is 1. The van der Waals surface area contributed by atoms with E-state index in [4.69, 9.17) is 0 Å². The van der Waals surface area contributed by atoms with Crippen molar-refractivity contribution >= 4 is 5.69 Å². The maximum atomic E-state index is 10.6. The minimum Gasteiger partial charge on any atom is -0.310 e. The standard InChI is InChI=1S/C10H12N2O2/c1-7-10-6-9(12(13)14)3-2-8(10)4-5-11-7/h2-3,6-7,11H,4-5H2,1H3/t7-/m1/s1. The van der Waals surface area contributed by atoms with Crippen LogP contribution in [0.2, 0.25) is 0 Å². The third-order valence-electron chi connectivity index (χ3n) is 2.65. The summed E-state index contributed by atoms with van der Waals surface area (Å²) in [5.74, 6) is 0. The molecule has 1 aromatic carbocycles. The van der Waals surface area contributed by atoms with E-state index in [2.05, 4.69) is 5.32 Å². The Balaban J connectivity index is 2.45. The molecule has 0 radical (unpaired) electrons. The molecule has 0 amide bonds. The highest BCUT2D eigenvalue weighted by molar-refractivity contribution is 5.42. The maximum absolute atomic E-state index is 10.6. The fourth-order valence-corrected chi connectivity index (χ4v) is 1.86. The molecule has 1 N–H and O–H groups in total. The summed E-state index contributed by atoms with van der Waals surface area (Å²) in [6, 6.07) is 5.34. The van der Waals surface area contributed by atoms with Crippen molar-refractivity contribution in [2.24, 2.45) is 0 Å². The van der Waals surface area contributed by atoms with Crippen LogP contribution in [0.1, 0.15) is 24.1 Å². The molecule has 0 unspecified atom stereocenters. The SMILES string of the molecule is C[C@H]1NCCc2ccc([N+](=O)[O-])cc21. The average molecular weight is 192 g/mol. The molecule has 0 saturated heterocycles. The molecule has 4 heteroatoms. The van der Waals surface area contributed by atoms with Gasteiger partial charge in [0.2, 0.25) is 0 Å². The van der Waals surface area contributed by atoms with Gasteiger partial charge < -0.3 is 5.32 Å². The van der Waals surface area contributed by atoms with E-state index >= 15 is 0 Å². The molecule has 14 heavy (non-hydrogen) atoms. The minimum absolute atomic E-state index is 0.180. The number of nitro benzene ring substituents is 1. The van der Waals surface area contributed by atoms with E-state index in [1.165, 1.54) is 5.56 Å². The topological polar surface area (TPSA) is 55.2 Å². The largest absolute Gasteiger partial charge is 0.310 e. The van der Waals surface area contributed by atoms with Crippen LogP contribution in [-0.2, 0) is 6.42 Å². The van der Waals surface area contributed by atoms with E-state index in [-0.39, 0.29) is 16.7 Å². The van der Waals surface area contributed by atoms with Crippen LogP contribution in [0.4, 0.5) is 5.69 Å². The summed E-state index contributed by atoms with van der Waals surface area (Å²) in [5.41, 5.74) is 2.46. The summed E-state index contributed by atoms with van der Waals surface area (Å²) in [7, 11) is 0. The highest BCUT2D eigenvalue weighted by Gasteiger charge is 2.18. The Kier molecular flexibility index (Phi) is 2.21. The summed E-state index contributed by atoms with van der Waals surface area (Å²) < 4.78 is 0. The van der Waals surface area contributed by atoms with Gasteiger partial charge in [0.1, 0.15) is 0 Å². The van der Waals surface area contributed by atoms with Gasteiger partial charge in [-0.25, -0.2) is 0 Å². The Morgan fingerprint density at radius 3 is 3.07 bits per heavy atom.